The number of nitrogens with zero attached hydrogens (tertiary/aromatic N) is 1. The first-order valence-electron chi connectivity index (χ1n) is 5.27. The first kappa shape index (κ1) is 15.3. The minimum absolute atomic E-state index is 0.168. The fourth-order valence-corrected chi connectivity index (χ4v) is 2.93. The highest BCUT2D eigenvalue weighted by molar-refractivity contribution is 7.20. The van der Waals surface area contributed by atoms with Crippen molar-refractivity contribution < 1.29 is 14.7 Å². The Kier molecular flexibility index (Phi) is 5.44. The quantitative estimate of drug-likeness (QED) is 0.908. The first-order valence-corrected chi connectivity index (χ1v) is 6.84. The summed E-state index contributed by atoms with van der Waals surface area (Å²) in [5.74, 6) is -1.29. The molecule has 1 N–H and O–H groups in total. The van der Waals surface area contributed by atoms with E-state index in [1.165, 1.54) is 11.0 Å². The average molecular weight is 310 g/mol. The summed E-state index contributed by atoms with van der Waals surface area (Å²) in [4.78, 5) is 24.2. The zero-order valence-corrected chi connectivity index (χ0v) is 12.3. The van der Waals surface area contributed by atoms with Gasteiger partial charge in [-0.25, -0.2) is 0 Å². The number of amides is 1. The molecule has 1 aromatic rings. The molecule has 0 aromatic carbocycles. The molecule has 0 radical (unpaired) electrons. The van der Waals surface area contributed by atoms with Gasteiger partial charge in [0.05, 0.1) is 9.90 Å². The van der Waals surface area contributed by atoms with Gasteiger partial charge >= 0.3 is 5.97 Å². The van der Waals surface area contributed by atoms with Crippen LogP contribution in [0, 0.1) is 5.92 Å². The molecule has 0 spiro atoms. The summed E-state index contributed by atoms with van der Waals surface area (Å²) in [5, 5.41) is 8.82. The lowest BCUT2D eigenvalue weighted by Crippen LogP contribution is -2.38. The van der Waals surface area contributed by atoms with E-state index in [4.69, 9.17) is 28.3 Å². The summed E-state index contributed by atoms with van der Waals surface area (Å²) in [6.45, 7) is 3.82. The van der Waals surface area contributed by atoms with Crippen LogP contribution in [0.3, 0.4) is 0 Å². The minimum atomic E-state index is -1.05. The summed E-state index contributed by atoms with van der Waals surface area (Å²) in [7, 11) is 0. The molecule has 1 aromatic heterocycles. The summed E-state index contributed by atoms with van der Waals surface area (Å²) < 4.78 is 0.687. The predicted octanol–water partition coefficient (Wildman–Crippen LogP) is 3.24. The molecule has 0 saturated heterocycles. The number of carbonyl (C=O) groups is 2. The molecular formula is C11H13Cl2NO3S. The highest BCUT2D eigenvalue weighted by atomic mass is 35.5. The van der Waals surface area contributed by atoms with E-state index in [1.807, 2.05) is 13.8 Å². The number of carboxylic acids is 1. The lowest BCUT2D eigenvalue weighted by molar-refractivity contribution is -0.137. The maximum Gasteiger partial charge on any atom is 0.323 e. The third kappa shape index (κ3) is 4.15. The number of hydrogen-bond acceptors (Lipinski definition) is 3. The van der Waals surface area contributed by atoms with Crippen LogP contribution in [0.25, 0.3) is 0 Å². The average Bonchev–Trinajstić information content (AvgIpc) is 2.54. The number of halogens is 2. The van der Waals surface area contributed by atoms with Crippen LogP contribution >= 0.6 is 34.5 Å². The standard InChI is InChI=1S/C11H13Cl2NO3S/c1-6(2)4-14(5-9(15)16)11(17)7-3-8(12)18-10(7)13/h3,6H,4-5H2,1-2H3,(H,15,16). The summed E-state index contributed by atoms with van der Waals surface area (Å²) in [5.41, 5.74) is 0.258. The number of thiophene rings is 1. The van der Waals surface area contributed by atoms with Gasteiger partial charge in [0, 0.05) is 6.54 Å². The molecule has 1 rings (SSSR count). The zero-order valence-electron chi connectivity index (χ0n) is 9.94. The Balaban J connectivity index is 2.94. The molecule has 0 fully saturated rings. The van der Waals surface area contributed by atoms with E-state index >= 15 is 0 Å². The largest absolute Gasteiger partial charge is 0.480 e. The molecule has 1 heterocycles. The van der Waals surface area contributed by atoms with Crippen LogP contribution in [0.1, 0.15) is 24.2 Å². The highest BCUT2D eigenvalue weighted by Crippen LogP contribution is 2.32. The smallest absolute Gasteiger partial charge is 0.323 e. The lowest BCUT2D eigenvalue weighted by atomic mass is 10.2. The maximum absolute atomic E-state index is 12.2. The molecule has 0 aliphatic heterocycles. The summed E-state index contributed by atoms with van der Waals surface area (Å²) in [6, 6.07) is 1.46. The normalized spacial score (nSPS) is 10.7. The van der Waals surface area contributed by atoms with Crippen molar-refractivity contribution in [3.05, 3.63) is 20.3 Å². The van der Waals surface area contributed by atoms with Gasteiger partial charge in [-0.1, -0.05) is 37.0 Å². The predicted molar refractivity (Wildman–Crippen MR) is 72.7 cm³/mol. The first-order chi connectivity index (χ1) is 8.31. The number of carboxylic acid groups (broad SMARTS) is 1. The molecule has 1 amide bonds. The summed E-state index contributed by atoms with van der Waals surface area (Å²) in [6.07, 6.45) is 0. The van der Waals surface area contributed by atoms with Crippen LogP contribution in [0.15, 0.2) is 6.07 Å². The van der Waals surface area contributed by atoms with E-state index < -0.39 is 11.9 Å². The van der Waals surface area contributed by atoms with E-state index in [2.05, 4.69) is 0 Å². The van der Waals surface area contributed by atoms with Crippen molar-refractivity contribution in [2.24, 2.45) is 5.92 Å². The Morgan fingerprint density at radius 3 is 2.44 bits per heavy atom. The monoisotopic (exact) mass is 309 g/mol. The molecule has 7 heteroatoms. The molecule has 18 heavy (non-hydrogen) atoms. The van der Waals surface area contributed by atoms with Gasteiger partial charge < -0.3 is 10.0 Å². The Bertz CT molecular complexity index is 459. The Morgan fingerprint density at radius 2 is 2.06 bits per heavy atom. The van der Waals surface area contributed by atoms with Crippen LogP contribution in [0.2, 0.25) is 8.67 Å². The Hall–Kier alpha value is -0.780. The second-order valence-electron chi connectivity index (χ2n) is 4.21. The molecule has 0 unspecified atom stereocenters. The fourth-order valence-electron chi connectivity index (χ4n) is 1.48. The fraction of sp³-hybridized carbons (Fsp3) is 0.455. The Morgan fingerprint density at radius 1 is 1.44 bits per heavy atom. The van der Waals surface area contributed by atoms with Gasteiger partial charge in [-0.2, -0.15) is 0 Å². The number of aliphatic carboxylic acids is 1. The maximum atomic E-state index is 12.2. The van der Waals surface area contributed by atoms with Gasteiger partial charge in [0.2, 0.25) is 0 Å². The molecule has 0 bridgehead atoms. The zero-order chi connectivity index (χ0) is 13.9. The number of hydrogen-bond donors (Lipinski definition) is 1. The van der Waals surface area contributed by atoms with Crippen molar-refractivity contribution in [2.45, 2.75) is 13.8 Å². The van der Waals surface area contributed by atoms with Crippen molar-refractivity contribution in [3.63, 3.8) is 0 Å². The molecular weight excluding hydrogens is 297 g/mol. The second-order valence-corrected chi connectivity index (χ2v) is 6.50. The molecule has 0 aliphatic carbocycles. The highest BCUT2D eigenvalue weighted by Gasteiger charge is 2.23. The van der Waals surface area contributed by atoms with E-state index in [1.54, 1.807) is 0 Å². The van der Waals surface area contributed by atoms with Crippen LogP contribution in [0.4, 0.5) is 0 Å². The van der Waals surface area contributed by atoms with Crippen LogP contribution in [-0.4, -0.2) is 35.0 Å². The van der Waals surface area contributed by atoms with Crippen LogP contribution < -0.4 is 0 Å². The third-order valence-corrected chi connectivity index (χ3v) is 3.57. The van der Waals surface area contributed by atoms with Crippen molar-refractivity contribution in [2.75, 3.05) is 13.1 Å². The van der Waals surface area contributed by atoms with Gasteiger partial charge in [0.15, 0.2) is 0 Å². The molecule has 0 aliphatic rings. The minimum Gasteiger partial charge on any atom is -0.480 e. The van der Waals surface area contributed by atoms with Crippen molar-refractivity contribution in [1.82, 2.24) is 4.90 Å². The van der Waals surface area contributed by atoms with Gasteiger partial charge in [-0.05, 0) is 12.0 Å². The van der Waals surface area contributed by atoms with Gasteiger partial charge in [-0.3, -0.25) is 9.59 Å². The van der Waals surface area contributed by atoms with E-state index in [0.29, 0.717) is 10.9 Å². The van der Waals surface area contributed by atoms with E-state index in [-0.39, 0.29) is 22.4 Å². The van der Waals surface area contributed by atoms with Crippen LogP contribution in [0.5, 0.6) is 0 Å². The van der Waals surface area contributed by atoms with E-state index in [9.17, 15) is 9.59 Å². The topological polar surface area (TPSA) is 57.6 Å². The van der Waals surface area contributed by atoms with E-state index in [0.717, 1.165) is 11.3 Å². The van der Waals surface area contributed by atoms with Crippen molar-refractivity contribution >= 4 is 46.4 Å². The Labute approximate surface area is 119 Å². The number of carbonyl (C=O) groups excluding carboxylic acids is 1. The summed E-state index contributed by atoms with van der Waals surface area (Å²) >= 11 is 12.8. The molecule has 100 valence electrons. The van der Waals surface area contributed by atoms with Gasteiger partial charge in [0.25, 0.3) is 5.91 Å². The second kappa shape index (κ2) is 6.41. The molecule has 4 nitrogen and oxygen atoms in total. The van der Waals surface area contributed by atoms with Crippen molar-refractivity contribution in [3.8, 4) is 0 Å². The lowest BCUT2D eigenvalue weighted by Gasteiger charge is -2.22. The SMILES string of the molecule is CC(C)CN(CC(=O)O)C(=O)c1cc(Cl)sc1Cl. The molecule has 0 saturated carbocycles. The van der Waals surface area contributed by atoms with Crippen molar-refractivity contribution in [1.29, 1.82) is 0 Å². The third-order valence-electron chi connectivity index (χ3n) is 2.09. The number of rotatable bonds is 5. The van der Waals surface area contributed by atoms with Gasteiger partial charge in [0.1, 0.15) is 10.9 Å². The van der Waals surface area contributed by atoms with Crippen LogP contribution in [-0.2, 0) is 4.79 Å². The van der Waals surface area contributed by atoms with Gasteiger partial charge in [-0.15, -0.1) is 11.3 Å². The molecule has 0 atom stereocenters.